The maximum atomic E-state index is 5.42. The van der Waals surface area contributed by atoms with Crippen molar-refractivity contribution in [3.05, 3.63) is 35.2 Å². The highest BCUT2D eigenvalue weighted by Crippen LogP contribution is 2.24. The molecule has 0 amide bonds. The minimum atomic E-state index is 0.714. The zero-order valence-electron chi connectivity index (χ0n) is 13.5. The summed E-state index contributed by atoms with van der Waals surface area (Å²) >= 11 is 0. The summed E-state index contributed by atoms with van der Waals surface area (Å²) in [5.74, 6) is 1.67. The lowest BCUT2D eigenvalue weighted by atomic mass is 10.1. The normalized spacial score (nSPS) is 11.5. The van der Waals surface area contributed by atoms with Crippen molar-refractivity contribution >= 4 is 0 Å². The molecule has 112 valence electrons. The first-order valence-corrected chi connectivity index (χ1v) is 7.41. The monoisotopic (exact) mass is 276 g/mol. The summed E-state index contributed by atoms with van der Waals surface area (Å²) in [5, 5.41) is 3.43. The smallest absolute Gasteiger partial charge is 0.128 e. The Morgan fingerprint density at radius 1 is 1.30 bits per heavy atom. The van der Waals surface area contributed by atoms with Crippen LogP contribution in [0.1, 0.15) is 37.1 Å². The number of pyridine rings is 1. The predicted octanol–water partition coefficient (Wildman–Crippen LogP) is 3.44. The highest BCUT2D eigenvalue weighted by atomic mass is 16.5. The summed E-state index contributed by atoms with van der Waals surface area (Å²) in [5.41, 5.74) is 3.34. The third kappa shape index (κ3) is 5.33. The van der Waals surface area contributed by atoms with Gasteiger partial charge in [0, 0.05) is 23.7 Å². The third-order valence-corrected chi connectivity index (χ3v) is 3.27. The number of ether oxygens (including phenoxy) is 1. The van der Waals surface area contributed by atoms with Crippen LogP contribution in [0.2, 0.25) is 0 Å². The number of allylic oxidation sites excluding steroid dienone is 1. The second-order valence-corrected chi connectivity index (χ2v) is 5.61. The molecule has 0 aliphatic rings. The minimum absolute atomic E-state index is 0.714. The van der Waals surface area contributed by atoms with Crippen LogP contribution in [0.25, 0.3) is 0 Å². The Hall–Kier alpha value is -1.35. The van der Waals surface area contributed by atoms with Gasteiger partial charge in [0.25, 0.3) is 0 Å². The summed E-state index contributed by atoms with van der Waals surface area (Å²) in [4.78, 5) is 4.50. The zero-order valence-corrected chi connectivity index (χ0v) is 13.5. The fourth-order valence-corrected chi connectivity index (χ4v) is 2.17. The molecule has 1 heterocycles. The summed E-state index contributed by atoms with van der Waals surface area (Å²) in [6.07, 6.45) is 8.24. The molecule has 3 heteroatoms. The van der Waals surface area contributed by atoms with E-state index in [2.05, 4.69) is 43.2 Å². The van der Waals surface area contributed by atoms with Crippen LogP contribution in [0, 0.1) is 19.8 Å². The fourth-order valence-electron chi connectivity index (χ4n) is 2.17. The van der Waals surface area contributed by atoms with Crippen molar-refractivity contribution in [2.45, 2.75) is 40.5 Å². The third-order valence-electron chi connectivity index (χ3n) is 3.27. The number of hydrogen-bond acceptors (Lipinski definition) is 3. The molecular formula is C17H28N2O. The molecule has 0 aliphatic heterocycles. The van der Waals surface area contributed by atoms with Crippen molar-refractivity contribution in [1.82, 2.24) is 10.3 Å². The van der Waals surface area contributed by atoms with Crippen LogP contribution >= 0.6 is 0 Å². The van der Waals surface area contributed by atoms with E-state index in [0.717, 1.165) is 48.5 Å². The molecular weight excluding hydrogens is 248 g/mol. The molecule has 0 saturated carbocycles. The van der Waals surface area contributed by atoms with Crippen LogP contribution in [-0.4, -0.2) is 25.2 Å². The molecule has 0 spiro atoms. The molecule has 20 heavy (non-hydrogen) atoms. The molecule has 0 bridgehead atoms. The van der Waals surface area contributed by atoms with Gasteiger partial charge in [-0.2, -0.15) is 0 Å². The van der Waals surface area contributed by atoms with Gasteiger partial charge in [-0.25, -0.2) is 0 Å². The summed E-state index contributed by atoms with van der Waals surface area (Å²) in [7, 11) is 1.72. The highest BCUT2D eigenvalue weighted by Gasteiger charge is 2.07. The van der Waals surface area contributed by atoms with Gasteiger partial charge in [0.15, 0.2) is 0 Å². The summed E-state index contributed by atoms with van der Waals surface area (Å²) < 4.78 is 5.42. The second-order valence-electron chi connectivity index (χ2n) is 5.61. The Balaban J connectivity index is 2.42. The standard InChI is InChI=1S/C17H28N2O/c1-13(2)11-18-10-8-6-7-9-16-15(4)17(20-5)14(3)12-19-16/h6-7,12-13,18H,8-11H2,1-5H3. The molecule has 0 saturated heterocycles. The number of hydrogen-bond donors (Lipinski definition) is 1. The van der Waals surface area contributed by atoms with Crippen LogP contribution < -0.4 is 10.1 Å². The minimum Gasteiger partial charge on any atom is -0.496 e. The average Bonchev–Trinajstić information content (AvgIpc) is 2.40. The van der Waals surface area contributed by atoms with Crippen LogP contribution in [0.15, 0.2) is 18.3 Å². The largest absolute Gasteiger partial charge is 0.496 e. The number of aromatic nitrogens is 1. The Kier molecular flexibility index (Phi) is 7.31. The van der Waals surface area contributed by atoms with Gasteiger partial charge in [0.1, 0.15) is 5.75 Å². The SMILES string of the molecule is COc1c(C)cnc(CC=CCCNCC(C)C)c1C. The van der Waals surface area contributed by atoms with Gasteiger partial charge in [-0.05, 0) is 39.3 Å². The number of aryl methyl sites for hydroxylation is 1. The van der Waals surface area contributed by atoms with E-state index in [4.69, 9.17) is 4.74 Å². The lowest BCUT2D eigenvalue weighted by molar-refractivity contribution is 0.407. The Morgan fingerprint density at radius 2 is 2.05 bits per heavy atom. The molecule has 0 unspecified atom stereocenters. The van der Waals surface area contributed by atoms with Crippen molar-refractivity contribution in [1.29, 1.82) is 0 Å². The number of nitrogens with one attached hydrogen (secondary N) is 1. The van der Waals surface area contributed by atoms with E-state index in [-0.39, 0.29) is 0 Å². The fraction of sp³-hybridized carbons (Fsp3) is 0.588. The summed E-state index contributed by atoms with van der Waals surface area (Å²) in [6.45, 7) is 10.7. The van der Waals surface area contributed by atoms with Crippen molar-refractivity contribution in [3.8, 4) is 5.75 Å². The molecule has 1 rings (SSSR count). The Morgan fingerprint density at radius 3 is 2.70 bits per heavy atom. The van der Waals surface area contributed by atoms with Crippen molar-refractivity contribution < 1.29 is 4.74 Å². The van der Waals surface area contributed by atoms with Gasteiger partial charge in [0.05, 0.1) is 12.8 Å². The first-order chi connectivity index (χ1) is 9.56. The van der Waals surface area contributed by atoms with Gasteiger partial charge < -0.3 is 10.1 Å². The Bertz CT molecular complexity index is 439. The molecule has 0 fully saturated rings. The molecule has 3 nitrogen and oxygen atoms in total. The molecule has 0 aliphatic carbocycles. The van der Waals surface area contributed by atoms with Crippen molar-refractivity contribution in [2.24, 2.45) is 5.92 Å². The van der Waals surface area contributed by atoms with Crippen molar-refractivity contribution in [2.75, 3.05) is 20.2 Å². The lowest BCUT2D eigenvalue weighted by Crippen LogP contribution is -2.20. The second kappa shape index (κ2) is 8.75. The van der Waals surface area contributed by atoms with E-state index in [1.54, 1.807) is 7.11 Å². The lowest BCUT2D eigenvalue weighted by Gasteiger charge is -2.10. The van der Waals surface area contributed by atoms with E-state index >= 15 is 0 Å². The number of methoxy groups -OCH3 is 1. The number of rotatable bonds is 8. The molecule has 1 aromatic rings. The number of nitrogens with zero attached hydrogens (tertiary/aromatic N) is 1. The molecule has 0 radical (unpaired) electrons. The molecule has 1 N–H and O–H groups in total. The van der Waals surface area contributed by atoms with Crippen LogP contribution in [-0.2, 0) is 6.42 Å². The summed E-state index contributed by atoms with van der Waals surface area (Å²) in [6, 6.07) is 0. The van der Waals surface area contributed by atoms with Crippen LogP contribution in [0.4, 0.5) is 0 Å². The van der Waals surface area contributed by atoms with E-state index in [9.17, 15) is 0 Å². The first kappa shape index (κ1) is 16.7. The highest BCUT2D eigenvalue weighted by molar-refractivity contribution is 5.41. The maximum Gasteiger partial charge on any atom is 0.128 e. The van der Waals surface area contributed by atoms with E-state index in [1.807, 2.05) is 13.1 Å². The predicted molar refractivity (Wildman–Crippen MR) is 85.4 cm³/mol. The molecule has 0 atom stereocenters. The maximum absolute atomic E-state index is 5.42. The van der Waals surface area contributed by atoms with E-state index in [1.165, 1.54) is 0 Å². The first-order valence-electron chi connectivity index (χ1n) is 7.41. The van der Waals surface area contributed by atoms with Gasteiger partial charge >= 0.3 is 0 Å². The van der Waals surface area contributed by atoms with Crippen LogP contribution in [0.5, 0.6) is 5.75 Å². The zero-order chi connectivity index (χ0) is 15.0. The van der Waals surface area contributed by atoms with E-state index < -0.39 is 0 Å². The van der Waals surface area contributed by atoms with Gasteiger partial charge in [-0.1, -0.05) is 26.0 Å². The molecule has 1 aromatic heterocycles. The van der Waals surface area contributed by atoms with Gasteiger partial charge in [-0.3, -0.25) is 4.98 Å². The quantitative estimate of drug-likeness (QED) is 0.583. The van der Waals surface area contributed by atoms with Crippen molar-refractivity contribution in [3.63, 3.8) is 0 Å². The van der Waals surface area contributed by atoms with Crippen LogP contribution in [0.3, 0.4) is 0 Å². The van der Waals surface area contributed by atoms with Gasteiger partial charge in [0.2, 0.25) is 0 Å². The Labute approximate surface area is 123 Å². The molecule has 0 aromatic carbocycles. The van der Waals surface area contributed by atoms with E-state index in [0.29, 0.717) is 5.92 Å². The topological polar surface area (TPSA) is 34.1 Å². The average molecular weight is 276 g/mol. The van der Waals surface area contributed by atoms with Gasteiger partial charge in [-0.15, -0.1) is 0 Å².